The lowest BCUT2D eigenvalue weighted by Crippen LogP contribution is -2.05. The molecule has 2 heterocycles. The van der Waals surface area contributed by atoms with Gasteiger partial charge >= 0.3 is 11.9 Å². The van der Waals surface area contributed by atoms with Crippen LogP contribution >= 0.6 is 0 Å². The number of methoxy groups -OCH3 is 1. The summed E-state index contributed by atoms with van der Waals surface area (Å²) in [4.78, 5) is 28.0. The third-order valence-corrected chi connectivity index (χ3v) is 3.50. The van der Waals surface area contributed by atoms with Gasteiger partial charge in [0, 0.05) is 6.20 Å². The molecule has 3 aromatic rings. The standard InChI is InChI=1S/C18H16N4O4/c1-3-26-18(24)15-16(22-10-5-4-9-14(22)19-15)21-20-13-8-6-7-12(11-13)17(23)25-2/h4-11H,3H2,1-2H3. The minimum atomic E-state index is -0.575. The van der Waals surface area contributed by atoms with Crippen molar-refractivity contribution in [3.8, 4) is 0 Å². The van der Waals surface area contributed by atoms with Crippen molar-refractivity contribution in [2.24, 2.45) is 10.2 Å². The van der Waals surface area contributed by atoms with E-state index >= 15 is 0 Å². The Kier molecular flexibility index (Phi) is 5.02. The highest BCUT2D eigenvalue weighted by Crippen LogP contribution is 2.25. The fourth-order valence-electron chi connectivity index (χ4n) is 2.33. The topological polar surface area (TPSA) is 94.6 Å². The minimum Gasteiger partial charge on any atom is -0.465 e. The monoisotopic (exact) mass is 352 g/mol. The molecule has 8 heteroatoms. The van der Waals surface area contributed by atoms with E-state index in [0.717, 1.165) is 0 Å². The van der Waals surface area contributed by atoms with Gasteiger partial charge in [0.15, 0.2) is 11.5 Å². The number of hydrogen-bond donors (Lipinski definition) is 0. The normalized spacial score (nSPS) is 11.0. The first kappa shape index (κ1) is 17.3. The maximum atomic E-state index is 12.2. The summed E-state index contributed by atoms with van der Waals surface area (Å²) >= 11 is 0. The second kappa shape index (κ2) is 7.56. The molecular weight excluding hydrogens is 336 g/mol. The van der Waals surface area contributed by atoms with Crippen molar-refractivity contribution in [2.75, 3.05) is 13.7 Å². The first-order valence-corrected chi connectivity index (χ1v) is 7.88. The number of esters is 2. The summed E-state index contributed by atoms with van der Waals surface area (Å²) in [6.07, 6.45) is 1.73. The molecule has 1 aromatic carbocycles. The number of aromatic nitrogens is 2. The molecule has 0 spiro atoms. The van der Waals surface area contributed by atoms with Crippen LogP contribution in [0, 0.1) is 0 Å². The Morgan fingerprint density at radius 3 is 2.73 bits per heavy atom. The van der Waals surface area contributed by atoms with Crippen LogP contribution in [0.4, 0.5) is 11.5 Å². The first-order valence-electron chi connectivity index (χ1n) is 7.88. The van der Waals surface area contributed by atoms with E-state index in [0.29, 0.717) is 16.9 Å². The molecule has 8 nitrogen and oxygen atoms in total. The van der Waals surface area contributed by atoms with Crippen molar-refractivity contribution >= 4 is 29.1 Å². The molecule has 132 valence electrons. The van der Waals surface area contributed by atoms with Gasteiger partial charge in [-0.05, 0) is 37.3 Å². The van der Waals surface area contributed by atoms with Gasteiger partial charge < -0.3 is 9.47 Å². The first-order chi connectivity index (χ1) is 12.6. The van der Waals surface area contributed by atoms with Gasteiger partial charge in [0.2, 0.25) is 0 Å². The molecule has 0 amide bonds. The van der Waals surface area contributed by atoms with Crippen molar-refractivity contribution in [3.05, 3.63) is 59.9 Å². The van der Waals surface area contributed by atoms with E-state index in [2.05, 4.69) is 15.2 Å². The van der Waals surface area contributed by atoms with Gasteiger partial charge in [-0.15, -0.1) is 10.2 Å². The summed E-state index contributed by atoms with van der Waals surface area (Å²) in [7, 11) is 1.31. The fourth-order valence-corrected chi connectivity index (χ4v) is 2.33. The number of nitrogens with zero attached hydrogens (tertiary/aromatic N) is 4. The molecule has 0 N–H and O–H groups in total. The van der Waals surface area contributed by atoms with Crippen molar-refractivity contribution < 1.29 is 19.1 Å². The largest absolute Gasteiger partial charge is 0.465 e. The summed E-state index contributed by atoms with van der Waals surface area (Å²) in [5.74, 6) is -0.792. The van der Waals surface area contributed by atoms with Crippen LogP contribution in [0.15, 0.2) is 58.9 Å². The number of pyridine rings is 1. The Morgan fingerprint density at radius 1 is 1.12 bits per heavy atom. The van der Waals surface area contributed by atoms with Gasteiger partial charge in [-0.25, -0.2) is 14.6 Å². The minimum absolute atomic E-state index is 0.0749. The van der Waals surface area contributed by atoms with Crippen molar-refractivity contribution in [1.29, 1.82) is 0 Å². The molecule has 2 aromatic heterocycles. The molecule has 0 unspecified atom stereocenters. The number of benzene rings is 1. The average molecular weight is 352 g/mol. The van der Waals surface area contributed by atoms with E-state index in [4.69, 9.17) is 9.47 Å². The predicted octanol–water partition coefficient (Wildman–Crippen LogP) is 3.71. The maximum Gasteiger partial charge on any atom is 0.360 e. The van der Waals surface area contributed by atoms with E-state index < -0.39 is 11.9 Å². The molecule has 0 aliphatic carbocycles. The molecule has 0 fully saturated rings. The molecule has 0 radical (unpaired) electrons. The zero-order valence-electron chi connectivity index (χ0n) is 14.2. The Balaban J connectivity index is 2.02. The highest BCUT2D eigenvalue weighted by Gasteiger charge is 2.20. The van der Waals surface area contributed by atoms with E-state index in [1.54, 1.807) is 60.0 Å². The van der Waals surface area contributed by atoms with E-state index in [-0.39, 0.29) is 18.1 Å². The maximum absolute atomic E-state index is 12.2. The van der Waals surface area contributed by atoms with Crippen LogP contribution < -0.4 is 0 Å². The van der Waals surface area contributed by atoms with Crippen LogP contribution in [0.5, 0.6) is 0 Å². The summed E-state index contributed by atoms with van der Waals surface area (Å²) in [5.41, 5.74) is 1.42. The molecule has 0 saturated heterocycles. The molecule has 3 rings (SSSR count). The van der Waals surface area contributed by atoms with Crippen LogP contribution in [0.1, 0.15) is 27.8 Å². The highest BCUT2D eigenvalue weighted by molar-refractivity contribution is 5.93. The third-order valence-electron chi connectivity index (χ3n) is 3.50. The number of imidazole rings is 1. The zero-order valence-corrected chi connectivity index (χ0v) is 14.2. The van der Waals surface area contributed by atoms with Gasteiger partial charge in [-0.3, -0.25) is 4.40 Å². The number of hydrogen-bond acceptors (Lipinski definition) is 7. The summed E-state index contributed by atoms with van der Waals surface area (Å²) in [6, 6.07) is 11.9. The van der Waals surface area contributed by atoms with E-state index in [9.17, 15) is 9.59 Å². The lowest BCUT2D eigenvalue weighted by molar-refractivity contribution is 0.0520. The van der Waals surface area contributed by atoms with E-state index in [1.165, 1.54) is 7.11 Å². The van der Waals surface area contributed by atoms with Crippen LogP contribution in [0.25, 0.3) is 5.65 Å². The number of carbonyl (C=O) groups excluding carboxylic acids is 2. The van der Waals surface area contributed by atoms with Crippen molar-refractivity contribution in [3.63, 3.8) is 0 Å². The number of azo groups is 1. The Hall–Kier alpha value is -3.55. The van der Waals surface area contributed by atoms with Crippen LogP contribution in [-0.4, -0.2) is 35.0 Å². The van der Waals surface area contributed by atoms with Crippen LogP contribution in [0.3, 0.4) is 0 Å². The zero-order chi connectivity index (χ0) is 18.5. The summed E-state index contributed by atoms with van der Waals surface area (Å²) < 4.78 is 11.4. The number of fused-ring (bicyclic) bond motifs is 1. The van der Waals surface area contributed by atoms with Gasteiger partial charge in [0.05, 0.1) is 25.0 Å². The summed E-state index contributed by atoms with van der Waals surface area (Å²) in [5, 5.41) is 8.29. The third kappa shape index (κ3) is 3.44. The second-order valence-electron chi connectivity index (χ2n) is 5.18. The van der Waals surface area contributed by atoms with Crippen molar-refractivity contribution in [1.82, 2.24) is 9.38 Å². The van der Waals surface area contributed by atoms with Gasteiger partial charge in [0.25, 0.3) is 0 Å². The molecular formula is C18H16N4O4. The molecule has 0 saturated carbocycles. The lowest BCUT2D eigenvalue weighted by atomic mass is 10.2. The average Bonchev–Trinajstić information content (AvgIpc) is 3.05. The second-order valence-corrected chi connectivity index (χ2v) is 5.18. The number of rotatable bonds is 5. The SMILES string of the molecule is CCOC(=O)c1nc2ccccn2c1N=Nc1cccc(C(=O)OC)c1. The molecule has 0 atom stereocenters. The van der Waals surface area contributed by atoms with Gasteiger partial charge in [-0.1, -0.05) is 12.1 Å². The number of carbonyl (C=O) groups is 2. The van der Waals surface area contributed by atoms with Gasteiger partial charge in [0.1, 0.15) is 5.65 Å². The van der Waals surface area contributed by atoms with Crippen LogP contribution in [0.2, 0.25) is 0 Å². The Bertz CT molecular complexity index is 994. The Morgan fingerprint density at radius 2 is 1.96 bits per heavy atom. The molecule has 0 bridgehead atoms. The Labute approximate surface area is 149 Å². The van der Waals surface area contributed by atoms with Crippen LogP contribution in [-0.2, 0) is 9.47 Å². The summed E-state index contributed by atoms with van der Waals surface area (Å²) in [6.45, 7) is 1.94. The molecule has 0 aliphatic rings. The number of ether oxygens (including phenoxy) is 2. The quantitative estimate of drug-likeness (QED) is 0.515. The molecule has 0 aliphatic heterocycles. The van der Waals surface area contributed by atoms with E-state index in [1.807, 2.05) is 0 Å². The van der Waals surface area contributed by atoms with Gasteiger partial charge in [-0.2, -0.15) is 0 Å². The lowest BCUT2D eigenvalue weighted by Gasteiger charge is -2.01. The molecule has 26 heavy (non-hydrogen) atoms. The van der Waals surface area contributed by atoms with Crippen molar-refractivity contribution in [2.45, 2.75) is 6.92 Å². The fraction of sp³-hybridized carbons (Fsp3) is 0.167. The predicted molar refractivity (Wildman–Crippen MR) is 93.1 cm³/mol. The highest BCUT2D eigenvalue weighted by atomic mass is 16.5. The smallest absolute Gasteiger partial charge is 0.360 e.